The molecule has 1 amide bonds. The number of hydrogen-bond donors (Lipinski definition) is 0. The molecule has 1 saturated heterocycles. The quantitative estimate of drug-likeness (QED) is 0.716. The van der Waals surface area contributed by atoms with Crippen LogP contribution < -0.4 is 5.56 Å². The summed E-state index contributed by atoms with van der Waals surface area (Å²) in [4.78, 5) is 35.8. The molecule has 1 aliphatic heterocycles. The fourth-order valence-corrected chi connectivity index (χ4v) is 3.07. The van der Waals surface area contributed by atoms with Crippen molar-refractivity contribution in [3.63, 3.8) is 0 Å². The van der Waals surface area contributed by atoms with E-state index in [1.165, 1.54) is 10.7 Å². The van der Waals surface area contributed by atoms with Crippen molar-refractivity contribution in [2.75, 3.05) is 13.1 Å². The lowest BCUT2D eigenvalue weighted by Gasteiger charge is -2.26. The highest BCUT2D eigenvalue weighted by molar-refractivity contribution is 5.93. The SMILES string of the molecule is O=C(c1cnc2ccn(-c3ccccn3)n2c1=O)N1CCCCC1. The van der Waals surface area contributed by atoms with Crippen molar-refractivity contribution >= 4 is 11.6 Å². The Hall–Kier alpha value is -2.96. The number of carbonyl (C=O) groups is 1. The highest BCUT2D eigenvalue weighted by Crippen LogP contribution is 2.12. The van der Waals surface area contributed by atoms with E-state index in [1.54, 1.807) is 34.1 Å². The molecule has 7 nitrogen and oxygen atoms in total. The predicted molar refractivity (Wildman–Crippen MR) is 88.3 cm³/mol. The van der Waals surface area contributed by atoms with Gasteiger partial charge >= 0.3 is 0 Å². The summed E-state index contributed by atoms with van der Waals surface area (Å²) in [5.41, 5.74) is 0.220. The van der Waals surface area contributed by atoms with Crippen LogP contribution in [-0.4, -0.2) is 43.1 Å². The zero-order valence-electron chi connectivity index (χ0n) is 13.1. The molecule has 0 unspecified atom stereocenters. The first-order chi connectivity index (χ1) is 11.8. The summed E-state index contributed by atoms with van der Waals surface area (Å²) in [5.74, 6) is 0.356. The second-order valence-electron chi connectivity index (χ2n) is 5.85. The lowest BCUT2D eigenvalue weighted by atomic mass is 10.1. The van der Waals surface area contributed by atoms with Gasteiger partial charge in [-0.1, -0.05) is 6.07 Å². The number of likely N-dealkylation sites (tertiary alicyclic amines) is 1. The molecular formula is C17H17N5O2. The Morgan fingerprint density at radius 1 is 1.04 bits per heavy atom. The highest BCUT2D eigenvalue weighted by Gasteiger charge is 2.22. The molecule has 4 heterocycles. The lowest BCUT2D eigenvalue weighted by Crippen LogP contribution is -2.39. The molecule has 0 radical (unpaired) electrons. The number of carbonyl (C=O) groups excluding carboxylic acids is 1. The standard InChI is InChI=1S/C17H17N5O2/c23-16(20-9-4-1-5-10-20)13-12-19-15-7-11-21(22(15)17(13)24)14-6-2-3-8-18-14/h2-3,6-8,11-12H,1,4-5,9-10H2. The third-order valence-electron chi connectivity index (χ3n) is 4.30. The summed E-state index contributed by atoms with van der Waals surface area (Å²) in [6, 6.07) is 7.17. The Morgan fingerprint density at radius 2 is 1.88 bits per heavy atom. The van der Waals surface area contributed by atoms with E-state index < -0.39 is 0 Å². The van der Waals surface area contributed by atoms with Crippen LogP contribution in [0.1, 0.15) is 29.6 Å². The maximum atomic E-state index is 12.9. The molecular weight excluding hydrogens is 306 g/mol. The Balaban J connectivity index is 1.83. The van der Waals surface area contributed by atoms with Gasteiger partial charge in [-0.05, 0) is 31.4 Å². The van der Waals surface area contributed by atoms with Crippen molar-refractivity contribution in [2.45, 2.75) is 19.3 Å². The van der Waals surface area contributed by atoms with Crippen molar-refractivity contribution in [3.05, 3.63) is 58.8 Å². The largest absolute Gasteiger partial charge is 0.338 e. The number of nitrogens with zero attached hydrogens (tertiary/aromatic N) is 5. The Kier molecular flexibility index (Phi) is 3.60. The first-order valence-electron chi connectivity index (χ1n) is 8.06. The van der Waals surface area contributed by atoms with Crippen molar-refractivity contribution in [1.82, 2.24) is 24.1 Å². The molecule has 122 valence electrons. The summed E-state index contributed by atoms with van der Waals surface area (Å²) in [6.45, 7) is 1.39. The number of rotatable bonds is 2. The number of hydrogen-bond acceptors (Lipinski definition) is 4. The summed E-state index contributed by atoms with van der Waals surface area (Å²) in [7, 11) is 0. The molecule has 0 N–H and O–H groups in total. The van der Waals surface area contributed by atoms with Crippen LogP contribution >= 0.6 is 0 Å². The zero-order valence-corrected chi connectivity index (χ0v) is 13.1. The van der Waals surface area contributed by atoms with Gasteiger partial charge in [0.15, 0.2) is 11.5 Å². The minimum Gasteiger partial charge on any atom is -0.338 e. The average molecular weight is 323 g/mol. The first kappa shape index (κ1) is 14.6. The molecule has 0 bridgehead atoms. The molecule has 0 aromatic carbocycles. The van der Waals surface area contributed by atoms with E-state index in [0.29, 0.717) is 24.6 Å². The van der Waals surface area contributed by atoms with Gasteiger partial charge in [0.05, 0.1) is 0 Å². The molecule has 0 atom stereocenters. The number of fused-ring (bicyclic) bond motifs is 1. The van der Waals surface area contributed by atoms with Crippen LogP contribution in [0.3, 0.4) is 0 Å². The normalized spacial score (nSPS) is 14.9. The molecule has 0 aliphatic carbocycles. The van der Waals surface area contributed by atoms with Crippen molar-refractivity contribution in [2.24, 2.45) is 0 Å². The van der Waals surface area contributed by atoms with Gasteiger partial charge in [-0.25, -0.2) is 14.6 Å². The van der Waals surface area contributed by atoms with Gasteiger partial charge in [0.2, 0.25) is 0 Å². The Bertz CT molecular complexity index is 939. The highest BCUT2D eigenvalue weighted by atomic mass is 16.2. The predicted octanol–water partition coefficient (Wildman–Crippen LogP) is 1.51. The van der Waals surface area contributed by atoms with Crippen LogP contribution in [0.15, 0.2) is 47.7 Å². The van der Waals surface area contributed by atoms with Crippen LogP contribution in [0, 0.1) is 0 Å². The second-order valence-corrected chi connectivity index (χ2v) is 5.85. The van der Waals surface area contributed by atoms with Crippen molar-refractivity contribution < 1.29 is 4.79 Å². The third kappa shape index (κ3) is 2.38. The minimum absolute atomic E-state index is 0.102. The van der Waals surface area contributed by atoms with Gasteiger partial charge in [-0.15, -0.1) is 0 Å². The van der Waals surface area contributed by atoms with E-state index in [4.69, 9.17) is 0 Å². The molecule has 7 heteroatoms. The van der Waals surface area contributed by atoms with Gasteiger partial charge in [-0.2, -0.15) is 4.52 Å². The number of aromatic nitrogens is 4. The number of piperidine rings is 1. The van der Waals surface area contributed by atoms with Crippen LogP contribution in [0.25, 0.3) is 11.5 Å². The van der Waals surface area contributed by atoms with E-state index in [9.17, 15) is 9.59 Å². The fourth-order valence-electron chi connectivity index (χ4n) is 3.07. The van der Waals surface area contributed by atoms with Crippen molar-refractivity contribution in [3.8, 4) is 5.82 Å². The van der Waals surface area contributed by atoms with Crippen molar-refractivity contribution in [1.29, 1.82) is 0 Å². The van der Waals surface area contributed by atoms with E-state index in [-0.39, 0.29) is 17.0 Å². The van der Waals surface area contributed by atoms with Gasteiger partial charge < -0.3 is 4.90 Å². The zero-order chi connectivity index (χ0) is 16.5. The molecule has 0 saturated carbocycles. The monoisotopic (exact) mass is 323 g/mol. The lowest BCUT2D eigenvalue weighted by molar-refractivity contribution is 0.0721. The van der Waals surface area contributed by atoms with Gasteiger partial charge in [0.25, 0.3) is 11.5 Å². The second kappa shape index (κ2) is 5.92. The van der Waals surface area contributed by atoms with E-state index in [1.807, 2.05) is 12.1 Å². The maximum Gasteiger partial charge on any atom is 0.286 e. The molecule has 24 heavy (non-hydrogen) atoms. The molecule has 1 fully saturated rings. The fraction of sp³-hybridized carbons (Fsp3) is 0.294. The molecule has 3 aromatic heterocycles. The van der Waals surface area contributed by atoms with E-state index in [0.717, 1.165) is 19.3 Å². The van der Waals surface area contributed by atoms with E-state index in [2.05, 4.69) is 9.97 Å². The maximum absolute atomic E-state index is 12.9. The minimum atomic E-state index is -0.369. The number of pyridine rings is 1. The van der Waals surface area contributed by atoms with Gasteiger partial charge in [0.1, 0.15) is 5.56 Å². The van der Waals surface area contributed by atoms with Crippen LogP contribution in [0.2, 0.25) is 0 Å². The van der Waals surface area contributed by atoms with Crippen LogP contribution in [-0.2, 0) is 0 Å². The van der Waals surface area contributed by atoms with Crippen LogP contribution in [0.5, 0.6) is 0 Å². The molecule has 4 rings (SSSR count). The Morgan fingerprint density at radius 3 is 2.62 bits per heavy atom. The summed E-state index contributed by atoms with van der Waals surface area (Å²) < 4.78 is 3.00. The topological polar surface area (TPSA) is 72.5 Å². The summed E-state index contributed by atoms with van der Waals surface area (Å²) >= 11 is 0. The summed E-state index contributed by atoms with van der Waals surface area (Å²) in [5, 5.41) is 0. The molecule has 0 spiro atoms. The summed E-state index contributed by atoms with van der Waals surface area (Å²) in [6.07, 6.45) is 7.85. The van der Waals surface area contributed by atoms with E-state index >= 15 is 0 Å². The number of amides is 1. The first-order valence-corrected chi connectivity index (χ1v) is 8.06. The third-order valence-corrected chi connectivity index (χ3v) is 4.30. The van der Waals surface area contributed by atoms with Gasteiger partial charge in [-0.3, -0.25) is 9.59 Å². The smallest absolute Gasteiger partial charge is 0.286 e. The average Bonchev–Trinajstić information content (AvgIpc) is 3.08. The molecule has 3 aromatic rings. The molecule has 1 aliphatic rings. The Labute approximate surface area is 138 Å². The van der Waals surface area contributed by atoms with Gasteiger partial charge in [0, 0.05) is 37.7 Å². The van der Waals surface area contributed by atoms with Crippen LogP contribution in [0.4, 0.5) is 0 Å².